The Hall–Kier alpha value is -1.83. The molecule has 0 saturated carbocycles. The lowest BCUT2D eigenvalue weighted by Gasteiger charge is -2.04. The number of pyridine rings is 1. The van der Waals surface area contributed by atoms with Crippen LogP contribution in [0.15, 0.2) is 48.7 Å². The fourth-order valence-electron chi connectivity index (χ4n) is 1.22. The van der Waals surface area contributed by atoms with Gasteiger partial charge < -0.3 is 5.32 Å². The van der Waals surface area contributed by atoms with Gasteiger partial charge in [-0.3, -0.25) is 0 Å². The average molecular weight is 214 g/mol. The number of anilines is 2. The summed E-state index contributed by atoms with van der Waals surface area (Å²) in [5.74, 6) is 0.872. The minimum Gasteiger partial charge on any atom is -0.340 e. The van der Waals surface area contributed by atoms with Crippen LogP contribution in [0.4, 0.5) is 11.5 Å². The van der Waals surface area contributed by atoms with E-state index in [1.54, 1.807) is 6.20 Å². The van der Waals surface area contributed by atoms with E-state index in [1.807, 2.05) is 44.2 Å². The van der Waals surface area contributed by atoms with Crippen molar-refractivity contribution in [2.24, 2.45) is 0 Å². The summed E-state index contributed by atoms with van der Waals surface area (Å²) >= 11 is 0. The predicted molar refractivity (Wildman–Crippen MR) is 70.0 cm³/mol. The van der Waals surface area contributed by atoms with Crippen LogP contribution < -0.4 is 5.32 Å². The Morgan fingerprint density at radius 2 is 1.62 bits per heavy atom. The fourth-order valence-corrected chi connectivity index (χ4v) is 1.22. The van der Waals surface area contributed by atoms with Gasteiger partial charge in [-0.1, -0.05) is 37.6 Å². The summed E-state index contributed by atoms with van der Waals surface area (Å²) in [4.78, 5) is 4.19. The molecule has 2 aromatic rings. The van der Waals surface area contributed by atoms with Crippen molar-refractivity contribution in [1.82, 2.24) is 4.98 Å². The number of nitrogens with one attached hydrogen (secondary N) is 1. The quantitative estimate of drug-likeness (QED) is 0.812. The molecule has 0 bridgehead atoms. The Morgan fingerprint density at radius 1 is 0.938 bits per heavy atom. The van der Waals surface area contributed by atoms with Gasteiger partial charge in [0.05, 0.1) is 0 Å². The lowest BCUT2D eigenvalue weighted by molar-refractivity contribution is 1.31. The molecule has 0 fully saturated rings. The van der Waals surface area contributed by atoms with Gasteiger partial charge >= 0.3 is 0 Å². The van der Waals surface area contributed by atoms with E-state index in [0.717, 1.165) is 11.5 Å². The SMILES string of the molecule is CC.Cc1ccc(Nc2ccccn2)cc1. The first-order chi connectivity index (χ1) is 7.84. The maximum absolute atomic E-state index is 4.19. The molecule has 2 nitrogen and oxygen atoms in total. The Kier molecular flexibility index (Phi) is 5.06. The number of hydrogen-bond acceptors (Lipinski definition) is 2. The third-order valence-corrected chi connectivity index (χ3v) is 1.99. The highest BCUT2D eigenvalue weighted by Crippen LogP contribution is 2.13. The molecule has 0 amide bonds. The van der Waals surface area contributed by atoms with Crippen molar-refractivity contribution in [3.8, 4) is 0 Å². The molecular formula is C14H18N2. The molecule has 2 rings (SSSR count). The maximum Gasteiger partial charge on any atom is 0.130 e. The van der Waals surface area contributed by atoms with Crippen LogP contribution in [0, 0.1) is 6.92 Å². The van der Waals surface area contributed by atoms with Crippen molar-refractivity contribution >= 4 is 11.5 Å². The predicted octanol–water partition coefficient (Wildman–Crippen LogP) is 4.16. The van der Waals surface area contributed by atoms with Crippen molar-refractivity contribution in [1.29, 1.82) is 0 Å². The van der Waals surface area contributed by atoms with Gasteiger partial charge in [0.1, 0.15) is 5.82 Å². The Bertz CT molecular complexity index is 393. The molecule has 1 aromatic heterocycles. The summed E-state index contributed by atoms with van der Waals surface area (Å²) in [5, 5.41) is 3.22. The van der Waals surface area contributed by atoms with Gasteiger partial charge in [-0.05, 0) is 31.2 Å². The fraction of sp³-hybridized carbons (Fsp3) is 0.214. The van der Waals surface area contributed by atoms with E-state index in [-0.39, 0.29) is 0 Å². The molecule has 84 valence electrons. The monoisotopic (exact) mass is 214 g/mol. The average Bonchev–Trinajstić information content (AvgIpc) is 2.36. The molecular weight excluding hydrogens is 196 g/mol. The van der Waals surface area contributed by atoms with E-state index < -0.39 is 0 Å². The zero-order valence-corrected chi connectivity index (χ0v) is 10.1. The Labute approximate surface area is 97.4 Å². The molecule has 0 spiro atoms. The van der Waals surface area contributed by atoms with Crippen LogP contribution in [-0.4, -0.2) is 4.98 Å². The first-order valence-corrected chi connectivity index (χ1v) is 5.59. The van der Waals surface area contributed by atoms with Crippen LogP contribution in [0.2, 0.25) is 0 Å². The summed E-state index contributed by atoms with van der Waals surface area (Å²) in [6, 6.07) is 14.0. The first-order valence-electron chi connectivity index (χ1n) is 5.59. The summed E-state index contributed by atoms with van der Waals surface area (Å²) in [6.45, 7) is 6.07. The van der Waals surface area contributed by atoms with E-state index in [4.69, 9.17) is 0 Å². The third kappa shape index (κ3) is 3.73. The molecule has 0 saturated heterocycles. The van der Waals surface area contributed by atoms with E-state index in [0.29, 0.717) is 0 Å². The van der Waals surface area contributed by atoms with Gasteiger partial charge in [0.25, 0.3) is 0 Å². The number of aromatic nitrogens is 1. The molecule has 1 aromatic carbocycles. The second kappa shape index (κ2) is 6.62. The van der Waals surface area contributed by atoms with Gasteiger partial charge in [-0.25, -0.2) is 4.98 Å². The van der Waals surface area contributed by atoms with Crippen LogP contribution in [0.5, 0.6) is 0 Å². The zero-order valence-electron chi connectivity index (χ0n) is 10.1. The summed E-state index contributed by atoms with van der Waals surface area (Å²) < 4.78 is 0. The van der Waals surface area contributed by atoms with Gasteiger partial charge in [0.15, 0.2) is 0 Å². The maximum atomic E-state index is 4.19. The van der Waals surface area contributed by atoms with E-state index in [1.165, 1.54) is 5.56 Å². The van der Waals surface area contributed by atoms with Crippen molar-refractivity contribution in [3.05, 3.63) is 54.2 Å². The molecule has 0 aliphatic carbocycles. The van der Waals surface area contributed by atoms with E-state index >= 15 is 0 Å². The number of nitrogens with zero attached hydrogens (tertiary/aromatic N) is 1. The third-order valence-electron chi connectivity index (χ3n) is 1.99. The van der Waals surface area contributed by atoms with Crippen molar-refractivity contribution < 1.29 is 0 Å². The van der Waals surface area contributed by atoms with Crippen molar-refractivity contribution in [2.45, 2.75) is 20.8 Å². The number of hydrogen-bond donors (Lipinski definition) is 1. The zero-order chi connectivity index (χ0) is 11.8. The highest BCUT2D eigenvalue weighted by Gasteiger charge is 1.93. The number of benzene rings is 1. The number of aryl methyl sites for hydroxylation is 1. The molecule has 1 N–H and O–H groups in total. The van der Waals surface area contributed by atoms with Crippen LogP contribution in [0.25, 0.3) is 0 Å². The molecule has 0 aliphatic rings. The first kappa shape index (κ1) is 12.2. The summed E-state index contributed by atoms with van der Waals surface area (Å²) in [7, 11) is 0. The normalized spacial score (nSPS) is 8.94. The topological polar surface area (TPSA) is 24.9 Å². The second-order valence-electron chi connectivity index (χ2n) is 3.21. The van der Waals surface area contributed by atoms with Gasteiger partial charge in [-0.2, -0.15) is 0 Å². The van der Waals surface area contributed by atoms with Gasteiger partial charge in [0.2, 0.25) is 0 Å². The number of rotatable bonds is 2. The van der Waals surface area contributed by atoms with E-state index in [9.17, 15) is 0 Å². The largest absolute Gasteiger partial charge is 0.340 e. The second-order valence-corrected chi connectivity index (χ2v) is 3.21. The van der Waals surface area contributed by atoms with Crippen LogP contribution in [0.1, 0.15) is 19.4 Å². The highest BCUT2D eigenvalue weighted by molar-refractivity contribution is 5.55. The minimum absolute atomic E-state index is 0.872. The van der Waals surface area contributed by atoms with Gasteiger partial charge in [0, 0.05) is 11.9 Å². The standard InChI is InChI=1S/C12H12N2.C2H6/c1-10-5-7-11(8-6-10)14-12-4-2-3-9-13-12;1-2/h2-9H,1H3,(H,13,14);1-2H3. The molecule has 1 heterocycles. The molecule has 16 heavy (non-hydrogen) atoms. The van der Waals surface area contributed by atoms with Crippen LogP contribution >= 0.6 is 0 Å². The molecule has 0 atom stereocenters. The summed E-state index contributed by atoms with van der Waals surface area (Å²) in [5.41, 5.74) is 2.32. The molecule has 2 heteroatoms. The minimum atomic E-state index is 0.872. The Balaban J connectivity index is 0.000000606. The van der Waals surface area contributed by atoms with Crippen LogP contribution in [-0.2, 0) is 0 Å². The lowest BCUT2D eigenvalue weighted by atomic mass is 10.2. The lowest BCUT2D eigenvalue weighted by Crippen LogP contribution is -1.91. The van der Waals surface area contributed by atoms with Gasteiger partial charge in [-0.15, -0.1) is 0 Å². The Morgan fingerprint density at radius 3 is 2.19 bits per heavy atom. The molecule has 0 unspecified atom stereocenters. The molecule has 0 aliphatic heterocycles. The van der Waals surface area contributed by atoms with Crippen molar-refractivity contribution in [2.75, 3.05) is 5.32 Å². The molecule has 0 radical (unpaired) electrons. The van der Waals surface area contributed by atoms with E-state index in [2.05, 4.69) is 29.4 Å². The van der Waals surface area contributed by atoms with Crippen LogP contribution in [0.3, 0.4) is 0 Å². The summed E-state index contributed by atoms with van der Waals surface area (Å²) in [6.07, 6.45) is 1.77. The van der Waals surface area contributed by atoms with Crippen molar-refractivity contribution in [3.63, 3.8) is 0 Å². The highest BCUT2D eigenvalue weighted by atomic mass is 15.0. The smallest absolute Gasteiger partial charge is 0.130 e.